The topological polar surface area (TPSA) is 23.6 Å². The zero-order valence-corrected chi connectivity index (χ0v) is 13.9. The number of benzene rings is 2. The lowest BCUT2D eigenvalue weighted by Crippen LogP contribution is -2.41. The Morgan fingerprint density at radius 1 is 0.958 bits per heavy atom. The van der Waals surface area contributed by atoms with Gasteiger partial charge in [0.15, 0.2) is 0 Å². The summed E-state index contributed by atoms with van der Waals surface area (Å²) in [5.41, 5.74) is 0.617. The highest BCUT2D eigenvalue weighted by atomic mass is 19.1. The second-order valence-electron chi connectivity index (χ2n) is 6.93. The Morgan fingerprint density at radius 3 is 2.50 bits per heavy atom. The summed E-state index contributed by atoms with van der Waals surface area (Å²) in [6.45, 7) is 3.91. The molecular weight excluding hydrogens is 303 g/mol. The van der Waals surface area contributed by atoms with E-state index in [1.807, 2.05) is 23.1 Å². The van der Waals surface area contributed by atoms with Gasteiger partial charge in [-0.1, -0.05) is 30.7 Å². The minimum absolute atomic E-state index is 0.0331. The van der Waals surface area contributed by atoms with Gasteiger partial charge >= 0.3 is 0 Å². The number of likely N-dealkylation sites (tertiary alicyclic amines) is 2. The van der Waals surface area contributed by atoms with Crippen molar-refractivity contribution in [3.63, 3.8) is 0 Å². The second kappa shape index (κ2) is 6.52. The Balaban J connectivity index is 1.55. The van der Waals surface area contributed by atoms with Crippen LogP contribution in [-0.4, -0.2) is 47.9 Å². The molecule has 126 valence electrons. The van der Waals surface area contributed by atoms with E-state index >= 15 is 0 Å². The first kappa shape index (κ1) is 15.6. The van der Waals surface area contributed by atoms with Crippen molar-refractivity contribution in [3.8, 4) is 0 Å². The van der Waals surface area contributed by atoms with Crippen molar-refractivity contribution in [2.45, 2.75) is 31.7 Å². The maximum atomic E-state index is 14.0. The van der Waals surface area contributed by atoms with Crippen LogP contribution in [0.15, 0.2) is 36.4 Å². The maximum Gasteiger partial charge on any atom is 0.254 e. The SMILES string of the molecule is O=C(c1ccc(F)c2ccccc12)N1CCC(N2CCCCC2)C1. The van der Waals surface area contributed by atoms with Crippen molar-refractivity contribution in [3.05, 3.63) is 47.8 Å². The molecule has 1 amide bonds. The van der Waals surface area contributed by atoms with E-state index in [0.29, 0.717) is 22.4 Å². The van der Waals surface area contributed by atoms with Crippen LogP contribution in [0.5, 0.6) is 0 Å². The van der Waals surface area contributed by atoms with E-state index < -0.39 is 0 Å². The van der Waals surface area contributed by atoms with E-state index in [1.54, 1.807) is 12.1 Å². The van der Waals surface area contributed by atoms with Crippen LogP contribution in [0.2, 0.25) is 0 Å². The Morgan fingerprint density at radius 2 is 1.71 bits per heavy atom. The van der Waals surface area contributed by atoms with Gasteiger partial charge in [-0.2, -0.15) is 0 Å². The summed E-state index contributed by atoms with van der Waals surface area (Å²) in [4.78, 5) is 17.5. The Labute approximate surface area is 142 Å². The molecule has 0 spiro atoms. The number of carbonyl (C=O) groups is 1. The van der Waals surface area contributed by atoms with E-state index in [0.717, 1.165) is 32.6 Å². The first-order valence-electron chi connectivity index (χ1n) is 8.94. The molecule has 0 bridgehead atoms. The molecule has 2 aliphatic rings. The fraction of sp³-hybridized carbons (Fsp3) is 0.450. The Bertz CT molecular complexity index is 754. The van der Waals surface area contributed by atoms with Crippen molar-refractivity contribution < 1.29 is 9.18 Å². The molecule has 4 rings (SSSR count). The molecule has 0 aromatic heterocycles. The molecule has 2 heterocycles. The molecule has 2 saturated heterocycles. The monoisotopic (exact) mass is 326 g/mol. The number of hydrogen-bond acceptors (Lipinski definition) is 2. The molecular formula is C20H23FN2O. The summed E-state index contributed by atoms with van der Waals surface area (Å²) in [6.07, 6.45) is 4.92. The van der Waals surface area contributed by atoms with E-state index in [-0.39, 0.29) is 11.7 Å². The smallest absolute Gasteiger partial charge is 0.254 e. The van der Waals surface area contributed by atoms with Gasteiger partial charge in [0.2, 0.25) is 0 Å². The first-order chi connectivity index (χ1) is 11.7. The molecule has 3 nitrogen and oxygen atoms in total. The molecule has 2 aromatic carbocycles. The fourth-order valence-corrected chi connectivity index (χ4v) is 4.13. The molecule has 4 heteroatoms. The van der Waals surface area contributed by atoms with E-state index in [9.17, 15) is 9.18 Å². The number of halogens is 1. The lowest BCUT2D eigenvalue weighted by Gasteiger charge is -2.32. The fourth-order valence-electron chi connectivity index (χ4n) is 4.13. The van der Waals surface area contributed by atoms with Gasteiger partial charge in [0.1, 0.15) is 5.82 Å². The van der Waals surface area contributed by atoms with Crippen molar-refractivity contribution in [1.82, 2.24) is 9.80 Å². The van der Waals surface area contributed by atoms with Crippen LogP contribution >= 0.6 is 0 Å². The Kier molecular flexibility index (Phi) is 4.23. The predicted octanol–water partition coefficient (Wildman–Crippen LogP) is 3.68. The summed E-state index contributed by atoms with van der Waals surface area (Å²) < 4.78 is 14.0. The van der Waals surface area contributed by atoms with Crippen LogP contribution in [0.1, 0.15) is 36.0 Å². The van der Waals surface area contributed by atoms with Crippen LogP contribution in [0.3, 0.4) is 0 Å². The summed E-state index contributed by atoms with van der Waals surface area (Å²) in [5, 5.41) is 1.24. The van der Waals surface area contributed by atoms with Gasteiger partial charge in [-0.25, -0.2) is 4.39 Å². The van der Waals surface area contributed by atoms with Crippen LogP contribution in [0.25, 0.3) is 10.8 Å². The molecule has 2 aromatic rings. The molecule has 0 aliphatic carbocycles. The van der Waals surface area contributed by atoms with Crippen LogP contribution < -0.4 is 0 Å². The summed E-state index contributed by atoms with van der Waals surface area (Å²) in [7, 11) is 0. The molecule has 2 aliphatic heterocycles. The van der Waals surface area contributed by atoms with Gasteiger partial charge in [-0.3, -0.25) is 9.69 Å². The zero-order valence-electron chi connectivity index (χ0n) is 13.9. The highest BCUT2D eigenvalue weighted by molar-refractivity contribution is 6.07. The first-order valence-corrected chi connectivity index (χ1v) is 8.94. The van der Waals surface area contributed by atoms with Crippen molar-refractivity contribution in [1.29, 1.82) is 0 Å². The highest BCUT2D eigenvalue weighted by Gasteiger charge is 2.31. The van der Waals surface area contributed by atoms with Crippen molar-refractivity contribution in [2.75, 3.05) is 26.2 Å². The van der Waals surface area contributed by atoms with Crippen LogP contribution in [0.4, 0.5) is 4.39 Å². The third-order valence-corrected chi connectivity index (χ3v) is 5.46. The number of hydrogen-bond donors (Lipinski definition) is 0. The van der Waals surface area contributed by atoms with Crippen LogP contribution in [-0.2, 0) is 0 Å². The molecule has 2 fully saturated rings. The highest BCUT2D eigenvalue weighted by Crippen LogP contribution is 2.26. The average molecular weight is 326 g/mol. The zero-order chi connectivity index (χ0) is 16.5. The number of piperidine rings is 1. The average Bonchev–Trinajstić information content (AvgIpc) is 3.13. The van der Waals surface area contributed by atoms with Gasteiger partial charge in [0, 0.05) is 30.1 Å². The second-order valence-corrected chi connectivity index (χ2v) is 6.93. The van der Waals surface area contributed by atoms with Gasteiger partial charge in [-0.05, 0) is 49.9 Å². The quantitative estimate of drug-likeness (QED) is 0.840. The molecule has 1 unspecified atom stereocenters. The number of nitrogens with zero attached hydrogens (tertiary/aromatic N) is 2. The third kappa shape index (κ3) is 2.80. The van der Waals surface area contributed by atoms with Crippen molar-refractivity contribution in [2.24, 2.45) is 0 Å². The lowest BCUT2D eigenvalue weighted by molar-refractivity contribution is 0.0773. The van der Waals surface area contributed by atoms with Gasteiger partial charge < -0.3 is 4.90 Å². The van der Waals surface area contributed by atoms with Crippen LogP contribution in [0, 0.1) is 5.82 Å². The standard InChI is InChI=1S/C20H23FN2O/c21-19-9-8-18(16-6-2-3-7-17(16)19)20(24)23-13-10-15(14-23)22-11-4-1-5-12-22/h2-3,6-9,15H,1,4-5,10-14H2. The van der Waals surface area contributed by atoms with E-state index in [4.69, 9.17) is 0 Å². The third-order valence-electron chi connectivity index (χ3n) is 5.46. The lowest BCUT2D eigenvalue weighted by atomic mass is 10.0. The maximum absolute atomic E-state index is 14.0. The summed E-state index contributed by atoms with van der Waals surface area (Å²) in [5.74, 6) is -0.236. The Hall–Kier alpha value is -1.94. The van der Waals surface area contributed by atoms with Gasteiger partial charge in [0.25, 0.3) is 5.91 Å². The molecule has 0 N–H and O–H groups in total. The van der Waals surface area contributed by atoms with E-state index in [2.05, 4.69) is 4.90 Å². The minimum Gasteiger partial charge on any atom is -0.337 e. The van der Waals surface area contributed by atoms with Crippen molar-refractivity contribution >= 4 is 16.7 Å². The van der Waals surface area contributed by atoms with E-state index in [1.165, 1.54) is 25.3 Å². The summed E-state index contributed by atoms with van der Waals surface area (Å²) in [6, 6.07) is 10.8. The van der Waals surface area contributed by atoms with Gasteiger partial charge in [-0.15, -0.1) is 0 Å². The largest absolute Gasteiger partial charge is 0.337 e. The number of carbonyl (C=O) groups excluding carboxylic acids is 1. The molecule has 0 radical (unpaired) electrons. The summed E-state index contributed by atoms with van der Waals surface area (Å²) >= 11 is 0. The minimum atomic E-state index is -0.269. The van der Waals surface area contributed by atoms with Gasteiger partial charge in [0.05, 0.1) is 0 Å². The number of fused-ring (bicyclic) bond motifs is 1. The molecule has 1 atom stereocenters. The molecule has 0 saturated carbocycles. The number of amides is 1. The number of rotatable bonds is 2. The molecule has 24 heavy (non-hydrogen) atoms. The predicted molar refractivity (Wildman–Crippen MR) is 93.6 cm³/mol. The normalized spacial score (nSPS) is 22.2.